The van der Waals surface area contributed by atoms with E-state index in [1.807, 2.05) is 0 Å². The molecule has 25 nitrogen and oxygen atoms in total. The Morgan fingerprint density at radius 2 is 1.24 bits per heavy atom. The Balaban J connectivity index is 1.01. The van der Waals surface area contributed by atoms with E-state index in [-0.39, 0.29) is 45.3 Å². The van der Waals surface area contributed by atoms with Gasteiger partial charge in [-0.15, -0.1) is 0 Å². The quantitative estimate of drug-likeness (QED) is 0.0622. The Morgan fingerprint density at radius 1 is 0.588 bits per heavy atom. The van der Waals surface area contributed by atoms with E-state index in [1.165, 1.54) is 43.5 Å². The predicted octanol–water partition coefficient (Wildman–Crippen LogP) is -3.36. The van der Waals surface area contributed by atoms with Crippen LogP contribution in [0.4, 0.5) is 0 Å². The topological polar surface area (TPSA) is 397 Å². The summed E-state index contributed by atoms with van der Waals surface area (Å²) in [6.45, 7) is -3.07. The summed E-state index contributed by atoms with van der Waals surface area (Å²) in [6, 6.07) is 10.4. The van der Waals surface area contributed by atoms with Crippen molar-refractivity contribution in [3.8, 4) is 51.6 Å². The van der Waals surface area contributed by atoms with E-state index >= 15 is 0 Å². The van der Waals surface area contributed by atoms with Crippen LogP contribution in [0, 0.1) is 0 Å². The predicted molar refractivity (Wildman–Crippen MR) is 220 cm³/mol. The monoisotopic (exact) mass is 966 g/mol. The van der Waals surface area contributed by atoms with Gasteiger partial charge in [0.2, 0.25) is 11.2 Å². The maximum absolute atomic E-state index is 13.1. The van der Waals surface area contributed by atoms with Gasteiger partial charge >= 0.3 is 0 Å². The van der Waals surface area contributed by atoms with E-state index in [4.69, 9.17) is 47.0 Å². The fourth-order valence-corrected chi connectivity index (χ4v) is 8.39. The molecule has 0 radical (unpaired) electrons. The average Bonchev–Trinajstić information content (AvgIpc) is 3.32. The smallest absolute Gasteiger partial charge is 0.238 e. The lowest BCUT2D eigenvalue weighted by Crippen LogP contribution is -2.66. The SMILES string of the molecule is COc1cc([C@@H]2Oc3cc(-c4oc5cc(O)cc(O)c5c(=O)c4O)ccc3O[C@H]2CO[C@@H]2O[C@H](CO)[C@H](O)[C@H](O[C@H]3O[C@H](CO)[C@@H](O[C@H]4O[C@H](CO)[C@@H](O)[C@H](O)[C@H]4O)[C@H](O)[C@H]3O)[C@H]2O)ccc1O. The molecule has 4 aromatic rings. The molecule has 4 aliphatic rings. The number of aromatic hydroxyl groups is 4. The van der Waals surface area contributed by atoms with Crippen molar-refractivity contribution >= 4 is 11.0 Å². The summed E-state index contributed by atoms with van der Waals surface area (Å²) in [7, 11) is 1.31. The number of aliphatic hydroxyl groups is 10. The summed E-state index contributed by atoms with van der Waals surface area (Å²) < 4.78 is 57.9. The largest absolute Gasteiger partial charge is 0.508 e. The van der Waals surface area contributed by atoms with Crippen LogP contribution in [0.5, 0.6) is 40.2 Å². The van der Waals surface area contributed by atoms with E-state index in [0.717, 1.165) is 12.1 Å². The number of aliphatic hydroxyl groups excluding tert-OH is 10. The summed E-state index contributed by atoms with van der Waals surface area (Å²) in [5.41, 5.74) is -0.776. The van der Waals surface area contributed by atoms with Crippen LogP contribution in [0.1, 0.15) is 11.7 Å². The number of phenolic OH excluding ortho intramolecular Hbond substituents is 3. The number of ether oxygens (including phenoxy) is 9. The lowest BCUT2D eigenvalue weighted by molar-refractivity contribution is -0.380. The van der Waals surface area contributed by atoms with E-state index in [0.29, 0.717) is 5.56 Å². The molecule has 1 aromatic heterocycles. The minimum atomic E-state index is -2.07. The zero-order valence-electron chi connectivity index (χ0n) is 35.5. The zero-order valence-corrected chi connectivity index (χ0v) is 35.5. The van der Waals surface area contributed by atoms with Crippen molar-refractivity contribution in [2.24, 2.45) is 0 Å². The number of fused-ring (bicyclic) bond motifs is 2. The fourth-order valence-electron chi connectivity index (χ4n) is 8.39. The highest BCUT2D eigenvalue weighted by Gasteiger charge is 2.54. The number of rotatable bonds is 13. The van der Waals surface area contributed by atoms with Crippen LogP contribution in [0.25, 0.3) is 22.3 Å². The van der Waals surface area contributed by atoms with Crippen molar-refractivity contribution in [1.82, 2.24) is 0 Å². The lowest BCUT2D eigenvalue weighted by atomic mass is 9.96. The molecule has 0 saturated carbocycles. The molecule has 25 heteroatoms. The summed E-state index contributed by atoms with van der Waals surface area (Å²) in [5, 5.41) is 147. The van der Waals surface area contributed by atoms with Gasteiger partial charge in [-0.25, -0.2) is 0 Å². The number of hydrogen-bond donors (Lipinski definition) is 14. The third kappa shape index (κ3) is 9.20. The van der Waals surface area contributed by atoms with Gasteiger partial charge in [0, 0.05) is 23.3 Å². The molecule has 0 unspecified atom stereocenters. The molecule has 0 amide bonds. The van der Waals surface area contributed by atoms with Crippen LogP contribution < -0.4 is 19.6 Å². The number of phenols is 3. The second-order valence-corrected chi connectivity index (χ2v) is 16.4. The van der Waals surface area contributed by atoms with Crippen molar-refractivity contribution in [3.63, 3.8) is 0 Å². The van der Waals surface area contributed by atoms with Crippen LogP contribution in [-0.4, -0.2) is 203 Å². The highest BCUT2D eigenvalue weighted by molar-refractivity contribution is 5.88. The average molecular weight is 967 g/mol. The van der Waals surface area contributed by atoms with Crippen LogP contribution >= 0.6 is 0 Å². The van der Waals surface area contributed by atoms with Crippen molar-refractivity contribution in [2.75, 3.05) is 33.5 Å². The van der Waals surface area contributed by atoms with Crippen molar-refractivity contribution < 1.29 is 119 Å². The molecule has 0 bridgehead atoms. The molecule has 372 valence electrons. The fraction of sp³-hybridized carbons (Fsp3) is 0.512. The molecule has 8 rings (SSSR count). The standard InChI is InChI=1S/C43H50O25/c1-59-20-6-14(2-4-17(20)48)37-26(61-19-5-3-15(7-21(19)62-37)38-32(54)30(52)27-18(49)8-16(47)9-22(27)63-38)13-60-41-36(58)40(29(51)24(11-45)64-41)68-43-35(57)33(55)39(25(12-46)66-43)67-42-34(56)31(53)28(50)23(10-44)65-42/h2-9,23-26,28-29,31,33-37,39-51,53-58H,10-13H2,1H3/t23-,24-,25-,26+,28-,29+,31+,33-,34-,35-,36-,37+,39-,40+,41-,42-,43-/m1/s1. The molecular formula is C43H50O25. The highest BCUT2D eigenvalue weighted by Crippen LogP contribution is 2.45. The molecule has 4 aliphatic heterocycles. The minimum absolute atomic E-state index is 0.0396. The van der Waals surface area contributed by atoms with E-state index in [9.17, 15) is 76.3 Å². The number of methoxy groups -OCH3 is 1. The Hall–Kier alpha value is -5.17. The van der Waals surface area contributed by atoms with Crippen LogP contribution in [0.2, 0.25) is 0 Å². The Bertz CT molecular complexity index is 2460. The summed E-state index contributed by atoms with van der Waals surface area (Å²) in [6.07, 6.45) is -29.1. The number of hydrogen-bond acceptors (Lipinski definition) is 25. The van der Waals surface area contributed by atoms with Gasteiger partial charge in [-0.05, 0) is 30.3 Å². The van der Waals surface area contributed by atoms with Gasteiger partial charge in [-0.1, -0.05) is 6.07 Å². The normalized spacial score (nSPS) is 35.0. The van der Waals surface area contributed by atoms with Crippen molar-refractivity contribution in [1.29, 1.82) is 0 Å². The second kappa shape index (κ2) is 20.0. The molecule has 0 aliphatic carbocycles. The molecule has 5 heterocycles. The molecule has 68 heavy (non-hydrogen) atoms. The Labute approximate surface area is 382 Å². The first-order valence-corrected chi connectivity index (χ1v) is 21.0. The first-order valence-electron chi connectivity index (χ1n) is 21.0. The van der Waals surface area contributed by atoms with Crippen molar-refractivity contribution in [3.05, 3.63) is 64.3 Å². The summed E-state index contributed by atoms with van der Waals surface area (Å²) >= 11 is 0. The number of benzene rings is 3. The maximum Gasteiger partial charge on any atom is 0.238 e. The summed E-state index contributed by atoms with van der Waals surface area (Å²) in [5.74, 6) is -2.30. The third-order valence-corrected chi connectivity index (χ3v) is 12.0. The van der Waals surface area contributed by atoms with E-state index in [1.54, 1.807) is 0 Å². The molecule has 0 spiro atoms. The van der Waals surface area contributed by atoms with E-state index in [2.05, 4.69) is 0 Å². The van der Waals surface area contributed by atoms with Gasteiger partial charge < -0.3 is 119 Å². The van der Waals surface area contributed by atoms with Gasteiger partial charge in [-0.3, -0.25) is 4.79 Å². The van der Waals surface area contributed by atoms with Crippen LogP contribution in [0.15, 0.2) is 57.7 Å². The maximum atomic E-state index is 13.1. The zero-order chi connectivity index (χ0) is 48.9. The van der Waals surface area contributed by atoms with Crippen molar-refractivity contribution in [2.45, 2.75) is 104 Å². The van der Waals surface area contributed by atoms with Gasteiger partial charge in [0.1, 0.15) is 95.7 Å². The van der Waals surface area contributed by atoms with Crippen LogP contribution in [0.3, 0.4) is 0 Å². The minimum Gasteiger partial charge on any atom is -0.508 e. The van der Waals surface area contributed by atoms with Gasteiger partial charge in [0.05, 0.1) is 33.5 Å². The first-order chi connectivity index (χ1) is 32.5. The highest BCUT2D eigenvalue weighted by atomic mass is 16.8. The Morgan fingerprint density at radius 3 is 1.93 bits per heavy atom. The molecule has 3 fully saturated rings. The van der Waals surface area contributed by atoms with Gasteiger partial charge in [-0.2, -0.15) is 0 Å². The van der Waals surface area contributed by atoms with Gasteiger partial charge in [0.15, 0.2) is 59.8 Å². The van der Waals surface area contributed by atoms with Gasteiger partial charge in [0.25, 0.3) is 0 Å². The summed E-state index contributed by atoms with van der Waals surface area (Å²) in [4.78, 5) is 13.1. The lowest BCUT2D eigenvalue weighted by Gasteiger charge is -2.48. The van der Waals surface area contributed by atoms with E-state index < -0.39 is 153 Å². The Kier molecular flexibility index (Phi) is 14.5. The molecule has 14 N–H and O–H groups in total. The molecule has 3 aromatic carbocycles. The van der Waals surface area contributed by atoms with Crippen LogP contribution in [-0.2, 0) is 28.4 Å². The molecule has 17 atom stereocenters. The molecular weight excluding hydrogens is 916 g/mol. The first kappa shape index (κ1) is 49.3. The second-order valence-electron chi connectivity index (χ2n) is 16.4. The third-order valence-electron chi connectivity index (χ3n) is 12.0. The molecule has 3 saturated heterocycles.